The van der Waals surface area contributed by atoms with Crippen molar-refractivity contribution >= 4 is 29.2 Å². The summed E-state index contributed by atoms with van der Waals surface area (Å²) in [6.45, 7) is -1.38. The molecule has 150 valence electrons. The fraction of sp³-hybridized carbons (Fsp3) is 0.263. The molecule has 0 spiro atoms. The van der Waals surface area contributed by atoms with E-state index in [0.717, 1.165) is 5.56 Å². The van der Waals surface area contributed by atoms with Crippen molar-refractivity contribution in [3.8, 4) is 6.07 Å². The van der Waals surface area contributed by atoms with Crippen LogP contribution in [0.25, 0.3) is 0 Å². The minimum atomic E-state index is -0.954. The van der Waals surface area contributed by atoms with E-state index in [2.05, 4.69) is 15.3 Å². The van der Waals surface area contributed by atoms with Gasteiger partial charge in [0.1, 0.15) is 17.9 Å². The number of anilines is 1. The number of nitrogens with zero attached hydrogens (tertiary/aromatic N) is 3. The van der Waals surface area contributed by atoms with Crippen molar-refractivity contribution in [1.82, 2.24) is 4.98 Å². The molecule has 0 radical (unpaired) electrons. The minimum Gasteiger partial charge on any atom is -0.461 e. The molecule has 10 heteroatoms. The average molecular weight is 418 g/mol. The number of halogens is 2. The number of aliphatic hydroxyl groups is 1. The number of nitriles is 1. The highest BCUT2D eigenvalue weighted by Crippen LogP contribution is 2.46. The van der Waals surface area contributed by atoms with Crippen LogP contribution < -0.4 is 11.1 Å². The number of alkyl halides is 1. The van der Waals surface area contributed by atoms with Gasteiger partial charge >= 0.3 is 0 Å². The molecule has 1 saturated carbocycles. The van der Waals surface area contributed by atoms with Gasteiger partial charge in [-0.05, 0) is 36.2 Å². The van der Waals surface area contributed by atoms with Crippen LogP contribution in [-0.4, -0.2) is 34.9 Å². The summed E-state index contributed by atoms with van der Waals surface area (Å²) >= 11 is 6.26. The zero-order valence-corrected chi connectivity index (χ0v) is 15.9. The first-order valence-corrected chi connectivity index (χ1v) is 8.97. The smallest absolute Gasteiger partial charge is 0.284 e. The average Bonchev–Trinajstić information content (AvgIpc) is 3.47. The number of aromatic nitrogens is 1. The van der Waals surface area contributed by atoms with Gasteiger partial charge in [-0.1, -0.05) is 11.6 Å². The van der Waals surface area contributed by atoms with Gasteiger partial charge in [-0.2, -0.15) is 5.26 Å². The lowest BCUT2D eigenvalue weighted by Crippen LogP contribution is -2.18. The molecule has 0 aliphatic heterocycles. The summed E-state index contributed by atoms with van der Waals surface area (Å²) in [5.41, 5.74) is 7.19. The molecule has 0 saturated heterocycles. The number of hydrogen-bond donors (Lipinski definition) is 3. The molecule has 1 heterocycles. The number of pyridine rings is 1. The highest BCUT2D eigenvalue weighted by Gasteiger charge is 2.42. The van der Waals surface area contributed by atoms with E-state index >= 15 is 0 Å². The Balaban J connectivity index is 1.75. The third kappa shape index (κ3) is 4.80. The quantitative estimate of drug-likeness (QED) is 0.375. The molecule has 1 aromatic heterocycles. The molecule has 0 unspecified atom stereocenters. The number of aliphatic imine (C=N–C) groups is 1. The second-order valence-electron chi connectivity index (χ2n) is 6.31. The monoisotopic (exact) mass is 417 g/mol. The Bertz CT molecular complexity index is 1010. The Labute approximate surface area is 170 Å². The van der Waals surface area contributed by atoms with Gasteiger partial charge in [0, 0.05) is 28.4 Å². The Morgan fingerprint density at radius 2 is 2.31 bits per heavy atom. The first-order chi connectivity index (χ1) is 14.0. The Morgan fingerprint density at radius 1 is 1.52 bits per heavy atom. The lowest BCUT2D eigenvalue weighted by Gasteiger charge is -2.11. The minimum absolute atomic E-state index is 0.0193. The van der Waals surface area contributed by atoms with E-state index in [9.17, 15) is 14.3 Å². The third-order valence-corrected chi connectivity index (χ3v) is 4.70. The van der Waals surface area contributed by atoms with E-state index in [0.29, 0.717) is 17.1 Å². The van der Waals surface area contributed by atoms with E-state index in [1.54, 1.807) is 18.2 Å². The molecular weight excluding hydrogens is 401 g/mol. The molecule has 4 N–H and O–H groups in total. The van der Waals surface area contributed by atoms with E-state index < -0.39 is 19.3 Å². The molecule has 1 aliphatic rings. The fourth-order valence-electron chi connectivity index (χ4n) is 2.87. The topological polar surface area (TPSA) is 134 Å². The molecule has 1 fully saturated rings. The largest absolute Gasteiger partial charge is 0.461 e. The van der Waals surface area contributed by atoms with Crippen LogP contribution in [0.3, 0.4) is 0 Å². The van der Waals surface area contributed by atoms with E-state index in [1.165, 1.54) is 12.3 Å². The van der Waals surface area contributed by atoms with Gasteiger partial charge in [-0.3, -0.25) is 4.79 Å². The van der Waals surface area contributed by atoms with Gasteiger partial charge < -0.3 is 20.9 Å². The number of ether oxygens (including phenoxy) is 1. The predicted molar refractivity (Wildman–Crippen MR) is 104 cm³/mol. The number of nitrogens with two attached hydrogens (primary N) is 1. The molecule has 1 amide bonds. The molecule has 1 aromatic carbocycles. The summed E-state index contributed by atoms with van der Waals surface area (Å²) in [4.78, 5) is 19.9. The predicted octanol–water partition coefficient (Wildman–Crippen LogP) is 2.47. The van der Waals surface area contributed by atoms with Crippen LogP contribution in [-0.2, 0) is 11.3 Å². The third-order valence-electron chi connectivity index (χ3n) is 4.35. The van der Waals surface area contributed by atoms with Gasteiger partial charge in [0.2, 0.25) is 0 Å². The van der Waals surface area contributed by atoms with E-state index in [4.69, 9.17) is 27.3 Å². The van der Waals surface area contributed by atoms with Crippen LogP contribution in [0.4, 0.5) is 10.1 Å². The number of hydrogen-bond acceptors (Lipinski definition) is 6. The van der Waals surface area contributed by atoms with Gasteiger partial charge in [0.25, 0.3) is 11.9 Å². The molecule has 2 atom stereocenters. The Hall–Kier alpha value is -3.22. The van der Waals surface area contributed by atoms with Crippen LogP contribution in [0.1, 0.15) is 39.5 Å². The number of amidine groups is 1. The molecule has 8 nitrogen and oxygen atoms in total. The molecule has 29 heavy (non-hydrogen) atoms. The standard InChI is InChI=1S/C19H17ClFN5O3/c20-15-2-1-12(4-13(15)14-5-16(14)29-19(23)25-9-21)26-18(28)17-11(8-27)3-10(6-22)7-24-17/h1-4,7,14,16,27H,5,8-9H2,(H2,23,25)(H,26,28)/t14-,16-/m1/s1. The second-order valence-corrected chi connectivity index (χ2v) is 6.71. The number of nitrogens with one attached hydrogen (secondary N) is 1. The Morgan fingerprint density at radius 3 is 3.00 bits per heavy atom. The number of amides is 1. The summed E-state index contributed by atoms with van der Waals surface area (Å²) in [7, 11) is 0. The first-order valence-electron chi connectivity index (χ1n) is 8.60. The maximum Gasteiger partial charge on any atom is 0.284 e. The Kier molecular flexibility index (Phi) is 6.26. The van der Waals surface area contributed by atoms with E-state index in [-0.39, 0.29) is 34.9 Å². The summed E-state index contributed by atoms with van der Waals surface area (Å²) in [5, 5.41) is 21.6. The lowest BCUT2D eigenvalue weighted by molar-refractivity contribution is 0.101. The van der Waals surface area contributed by atoms with Crippen molar-refractivity contribution in [3.05, 3.63) is 57.9 Å². The van der Waals surface area contributed by atoms with Crippen molar-refractivity contribution in [3.63, 3.8) is 0 Å². The van der Waals surface area contributed by atoms with Gasteiger partial charge in [-0.15, -0.1) is 0 Å². The molecule has 2 aromatic rings. The molecule has 1 aliphatic carbocycles. The van der Waals surface area contributed by atoms with Gasteiger partial charge in [-0.25, -0.2) is 14.4 Å². The first kappa shape index (κ1) is 20.5. The van der Waals surface area contributed by atoms with Crippen LogP contribution in [0.2, 0.25) is 5.02 Å². The van der Waals surface area contributed by atoms with Crippen molar-refractivity contribution in [1.29, 1.82) is 5.26 Å². The number of carbonyl (C=O) groups is 1. The second kappa shape index (κ2) is 8.86. The van der Waals surface area contributed by atoms with Crippen LogP contribution in [0, 0.1) is 11.3 Å². The van der Waals surface area contributed by atoms with Crippen molar-refractivity contribution < 1.29 is 19.0 Å². The highest BCUT2D eigenvalue weighted by molar-refractivity contribution is 6.31. The van der Waals surface area contributed by atoms with Crippen molar-refractivity contribution in [2.75, 3.05) is 12.1 Å². The SMILES string of the molecule is N#Cc1cnc(C(=O)Nc2ccc(Cl)c([C@H]3C[C@H]3O/C(N)=N\CF)c2)c(CO)c1. The maximum atomic E-state index is 12.6. The molecule has 0 bridgehead atoms. The van der Waals surface area contributed by atoms with Crippen LogP contribution >= 0.6 is 11.6 Å². The zero-order valence-electron chi connectivity index (χ0n) is 15.1. The maximum absolute atomic E-state index is 12.6. The fourth-order valence-corrected chi connectivity index (χ4v) is 3.13. The van der Waals surface area contributed by atoms with Gasteiger partial charge in [0.15, 0.2) is 6.80 Å². The lowest BCUT2D eigenvalue weighted by atomic mass is 10.1. The number of rotatable bonds is 6. The highest BCUT2D eigenvalue weighted by atomic mass is 35.5. The van der Waals surface area contributed by atoms with Crippen LogP contribution in [0.15, 0.2) is 35.5 Å². The van der Waals surface area contributed by atoms with Crippen LogP contribution in [0.5, 0.6) is 0 Å². The summed E-state index contributed by atoms with van der Waals surface area (Å²) in [6.07, 6.45) is 1.62. The number of carbonyl (C=O) groups excluding carboxylic acids is 1. The summed E-state index contributed by atoms with van der Waals surface area (Å²) < 4.78 is 17.5. The molecular formula is C19H17ClFN5O3. The zero-order chi connectivity index (χ0) is 21.0. The van der Waals surface area contributed by atoms with E-state index in [1.807, 2.05) is 6.07 Å². The van der Waals surface area contributed by atoms with Crippen molar-refractivity contribution in [2.45, 2.75) is 25.0 Å². The number of benzene rings is 1. The normalized spacial score (nSPS) is 18.1. The van der Waals surface area contributed by atoms with Crippen molar-refractivity contribution in [2.24, 2.45) is 10.7 Å². The number of aliphatic hydroxyl groups excluding tert-OH is 1. The summed E-state index contributed by atoms with van der Waals surface area (Å²) in [5.74, 6) is -0.594. The summed E-state index contributed by atoms with van der Waals surface area (Å²) in [6, 6.07) is 8.07. The van der Waals surface area contributed by atoms with Gasteiger partial charge in [0.05, 0.1) is 12.2 Å². The molecule has 3 rings (SSSR count).